The first-order valence-electron chi connectivity index (χ1n) is 10.4. The van der Waals surface area contributed by atoms with E-state index < -0.39 is 6.10 Å². The molecule has 0 spiro atoms. The van der Waals surface area contributed by atoms with Crippen LogP contribution >= 0.6 is 0 Å². The van der Waals surface area contributed by atoms with Crippen LogP contribution in [0.2, 0.25) is 0 Å². The van der Waals surface area contributed by atoms with Gasteiger partial charge in [-0.2, -0.15) is 0 Å². The van der Waals surface area contributed by atoms with Gasteiger partial charge in [0.15, 0.2) is 0 Å². The monoisotopic (exact) mass is 398 g/mol. The number of β-amino-alcohol motifs (C(OH)–C–C–N with tert-alkyl or cyclic N) is 1. The lowest BCUT2D eigenvalue weighted by atomic mass is 9.87. The molecule has 1 aliphatic heterocycles. The Hall–Kier alpha value is -2.24. The average molecular weight is 399 g/mol. The first kappa shape index (κ1) is 21.5. The Morgan fingerprint density at radius 1 is 0.966 bits per heavy atom. The number of para-hydroxylation sites is 2. The third-order valence-electron chi connectivity index (χ3n) is 5.43. The quantitative estimate of drug-likeness (QED) is 0.773. The molecule has 3 rings (SSSR count). The molecule has 0 saturated carbocycles. The summed E-state index contributed by atoms with van der Waals surface area (Å²) in [5, 5.41) is 10.4. The van der Waals surface area contributed by atoms with Gasteiger partial charge in [-0.1, -0.05) is 45.0 Å². The molecule has 1 fully saturated rings. The van der Waals surface area contributed by atoms with Gasteiger partial charge >= 0.3 is 0 Å². The number of anilines is 1. The van der Waals surface area contributed by atoms with Crippen LogP contribution in [0.1, 0.15) is 26.3 Å². The Balaban J connectivity index is 1.43. The highest BCUT2D eigenvalue weighted by Crippen LogP contribution is 2.28. The lowest BCUT2D eigenvalue weighted by molar-refractivity contribution is 0.0662. The van der Waals surface area contributed by atoms with Gasteiger partial charge in [0.25, 0.3) is 0 Å². The second-order valence-corrected chi connectivity index (χ2v) is 8.70. The van der Waals surface area contributed by atoms with Crippen molar-refractivity contribution in [3.63, 3.8) is 0 Å². The normalized spacial score (nSPS) is 16.5. The summed E-state index contributed by atoms with van der Waals surface area (Å²) >= 11 is 0. The van der Waals surface area contributed by atoms with Crippen molar-refractivity contribution < 1.29 is 14.6 Å². The van der Waals surface area contributed by atoms with Crippen LogP contribution in [0, 0.1) is 0 Å². The summed E-state index contributed by atoms with van der Waals surface area (Å²) in [6.07, 6.45) is -0.505. The predicted molar refractivity (Wildman–Crippen MR) is 118 cm³/mol. The molecule has 5 nitrogen and oxygen atoms in total. The number of hydrogen-bond donors (Lipinski definition) is 1. The zero-order chi connectivity index (χ0) is 20.9. The Morgan fingerprint density at radius 3 is 2.24 bits per heavy atom. The van der Waals surface area contributed by atoms with E-state index in [-0.39, 0.29) is 5.41 Å². The smallest absolute Gasteiger partial charge is 0.142 e. The fourth-order valence-corrected chi connectivity index (χ4v) is 3.66. The molecule has 0 bridgehead atoms. The van der Waals surface area contributed by atoms with Gasteiger partial charge in [0.2, 0.25) is 0 Å². The minimum absolute atomic E-state index is 0.129. The number of aliphatic hydroxyl groups excluding tert-OH is 1. The number of hydrogen-bond acceptors (Lipinski definition) is 5. The fraction of sp³-hybridized carbons (Fsp3) is 0.500. The Morgan fingerprint density at radius 2 is 1.62 bits per heavy atom. The Kier molecular flexibility index (Phi) is 7.04. The van der Waals surface area contributed by atoms with Crippen molar-refractivity contribution in [3.8, 4) is 11.5 Å². The van der Waals surface area contributed by atoms with Crippen LogP contribution in [-0.4, -0.2) is 62.6 Å². The minimum Gasteiger partial charge on any atom is -0.495 e. The third-order valence-corrected chi connectivity index (χ3v) is 5.43. The summed E-state index contributed by atoms with van der Waals surface area (Å²) in [5.74, 6) is 1.71. The van der Waals surface area contributed by atoms with E-state index >= 15 is 0 Å². The number of benzene rings is 2. The van der Waals surface area contributed by atoms with E-state index in [4.69, 9.17) is 9.47 Å². The number of piperazine rings is 1. The molecule has 29 heavy (non-hydrogen) atoms. The van der Waals surface area contributed by atoms with Crippen molar-refractivity contribution in [2.45, 2.75) is 32.3 Å². The van der Waals surface area contributed by atoms with Gasteiger partial charge in [-0.15, -0.1) is 0 Å². The highest BCUT2D eigenvalue weighted by Gasteiger charge is 2.21. The van der Waals surface area contributed by atoms with Crippen molar-refractivity contribution in [1.29, 1.82) is 0 Å². The molecule has 1 heterocycles. The first-order valence-corrected chi connectivity index (χ1v) is 10.4. The molecule has 0 radical (unpaired) electrons. The maximum absolute atomic E-state index is 10.4. The standard InChI is InChI=1S/C24H34N2O3/c1-24(2,3)19-9-11-21(12-10-19)29-18-20(27)17-25-13-15-26(16-14-25)22-7-5-6-8-23(22)28-4/h5-12,20,27H,13-18H2,1-4H3. The molecule has 1 aliphatic rings. The fourth-order valence-electron chi connectivity index (χ4n) is 3.66. The Bertz CT molecular complexity index is 762. The molecule has 1 unspecified atom stereocenters. The molecule has 158 valence electrons. The van der Waals surface area contributed by atoms with Crippen LogP contribution in [0.25, 0.3) is 0 Å². The largest absolute Gasteiger partial charge is 0.495 e. The minimum atomic E-state index is -0.505. The number of methoxy groups -OCH3 is 1. The SMILES string of the molecule is COc1ccccc1N1CCN(CC(O)COc2ccc(C(C)(C)C)cc2)CC1. The van der Waals surface area contributed by atoms with E-state index in [1.165, 1.54) is 5.56 Å². The predicted octanol–water partition coefficient (Wildman–Crippen LogP) is 3.55. The molecule has 2 aromatic carbocycles. The van der Waals surface area contributed by atoms with Gasteiger partial charge < -0.3 is 19.5 Å². The van der Waals surface area contributed by atoms with Crippen LogP contribution in [0.3, 0.4) is 0 Å². The molecule has 0 aliphatic carbocycles. The van der Waals surface area contributed by atoms with Crippen LogP contribution in [0.4, 0.5) is 5.69 Å². The lowest BCUT2D eigenvalue weighted by Gasteiger charge is -2.37. The van der Waals surface area contributed by atoms with Crippen molar-refractivity contribution in [1.82, 2.24) is 4.90 Å². The average Bonchev–Trinajstić information content (AvgIpc) is 2.72. The van der Waals surface area contributed by atoms with Crippen molar-refractivity contribution in [2.24, 2.45) is 0 Å². The summed E-state index contributed by atoms with van der Waals surface area (Å²) in [7, 11) is 1.71. The van der Waals surface area contributed by atoms with Gasteiger partial charge in [0.05, 0.1) is 12.8 Å². The van der Waals surface area contributed by atoms with Crippen LogP contribution in [0.5, 0.6) is 11.5 Å². The Labute approximate surface area is 174 Å². The zero-order valence-corrected chi connectivity index (χ0v) is 18.1. The molecular formula is C24H34N2O3. The van der Waals surface area contributed by atoms with Crippen LogP contribution in [0.15, 0.2) is 48.5 Å². The molecule has 0 aromatic heterocycles. The molecule has 2 aromatic rings. The number of ether oxygens (including phenoxy) is 2. The van der Waals surface area contributed by atoms with Gasteiger partial charge in [0.1, 0.15) is 24.2 Å². The molecule has 5 heteroatoms. The summed E-state index contributed by atoms with van der Waals surface area (Å²) in [6, 6.07) is 16.3. The van der Waals surface area contributed by atoms with E-state index in [2.05, 4.69) is 48.8 Å². The van der Waals surface area contributed by atoms with Gasteiger partial charge in [-0.05, 0) is 35.2 Å². The van der Waals surface area contributed by atoms with E-state index in [0.717, 1.165) is 43.4 Å². The highest BCUT2D eigenvalue weighted by molar-refractivity contribution is 5.58. The van der Waals surface area contributed by atoms with Crippen LogP contribution in [-0.2, 0) is 5.41 Å². The number of nitrogens with zero attached hydrogens (tertiary/aromatic N) is 2. The third kappa shape index (κ3) is 5.87. The zero-order valence-electron chi connectivity index (χ0n) is 18.1. The summed E-state index contributed by atoms with van der Waals surface area (Å²) in [4.78, 5) is 4.64. The summed E-state index contributed by atoms with van der Waals surface area (Å²) < 4.78 is 11.3. The van der Waals surface area contributed by atoms with Crippen molar-refractivity contribution in [2.75, 3.05) is 51.3 Å². The molecule has 1 N–H and O–H groups in total. The van der Waals surface area contributed by atoms with E-state index in [0.29, 0.717) is 13.2 Å². The maximum atomic E-state index is 10.4. The second-order valence-electron chi connectivity index (χ2n) is 8.70. The number of aliphatic hydroxyl groups is 1. The van der Waals surface area contributed by atoms with Crippen molar-refractivity contribution in [3.05, 3.63) is 54.1 Å². The molecular weight excluding hydrogens is 364 g/mol. The van der Waals surface area contributed by atoms with Crippen molar-refractivity contribution >= 4 is 5.69 Å². The summed E-state index contributed by atoms with van der Waals surface area (Å²) in [5.41, 5.74) is 2.54. The number of rotatable bonds is 7. The van der Waals surface area contributed by atoms with E-state index in [9.17, 15) is 5.11 Å². The lowest BCUT2D eigenvalue weighted by Crippen LogP contribution is -2.49. The van der Waals surface area contributed by atoms with E-state index in [1.54, 1.807) is 7.11 Å². The molecule has 1 atom stereocenters. The highest BCUT2D eigenvalue weighted by atomic mass is 16.5. The second kappa shape index (κ2) is 9.51. The molecule has 0 amide bonds. The first-order chi connectivity index (χ1) is 13.9. The van der Waals surface area contributed by atoms with E-state index in [1.807, 2.05) is 30.3 Å². The molecule has 1 saturated heterocycles. The van der Waals surface area contributed by atoms with Crippen LogP contribution < -0.4 is 14.4 Å². The van der Waals surface area contributed by atoms with Gasteiger partial charge in [-0.25, -0.2) is 0 Å². The van der Waals surface area contributed by atoms with Gasteiger partial charge in [-0.3, -0.25) is 4.90 Å². The summed E-state index contributed by atoms with van der Waals surface area (Å²) in [6.45, 7) is 11.2. The van der Waals surface area contributed by atoms with Gasteiger partial charge in [0, 0.05) is 32.7 Å². The maximum Gasteiger partial charge on any atom is 0.142 e. The topological polar surface area (TPSA) is 45.2 Å².